The van der Waals surface area contributed by atoms with Gasteiger partial charge in [-0.1, -0.05) is 32.0 Å². The number of rotatable bonds is 7. The number of nitrogens with one attached hydrogen (secondary N) is 3. The van der Waals surface area contributed by atoms with Gasteiger partial charge in [-0.3, -0.25) is 4.99 Å². The summed E-state index contributed by atoms with van der Waals surface area (Å²) in [6.07, 6.45) is 0. The summed E-state index contributed by atoms with van der Waals surface area (Å²) in [5.74, 6) is 2.73. The van der Waals surface area contributed by atoms with Gasteiger partial charge in [0.2, 0.25) is 5.89 Å². The Morgan fingerprint density at radius 1 is 1.16 bits per heavy atom. The molecule has 1 heterocycles. The number of para-hydroxylation sites is 1. The van der Waals surface area contributed by atoms with Gasteiger partial charge in [0, 0.05) is 25.3 Å². The van der Waals surface area contributed by atoms with Crippen molar-refractivity contribution in [3.63, 3.8) is 0 Å². The van der Waals surface area contributed by atoms with Crippen LogP contribution >= 0.6 is 0 Å². The van der Waals surface area contributed by atoms with Crippen LogP contribution in [0.15, 0.2) is 39.7 Å². The normalized spacial score (nSPS) is 13.0. The van der Waals surface area contributed by atoms with Crippen molar-refractivity contribution in [1.29, 1.82) is 0 Å². The number of oxazole rings is 1. The highest BCUT2D eigenvalue weighted by Gasteiger charge is 2.14. The van der Waals surface area contributed by atoms with E-state index in [1.165, 1.54) is 0 Å². The zero-order valence-corrected chi connectivity index (χ0v) is 15.8. The zero-order chi connectivity index (χ0) is 18.2. The monoisotopic (exact) mass is 343 g/mol. The Labute approximate surface area is 150 Å². The number of anilines is 1. The first-order chi connectivity index (χ1) is 12.0. The lowest BCUT2D eigenvalue weighted by Gasteiger charge is -2.25. The topological polar surface area (TPSA) is 74.5 Å². The van der Waals surface area contributed by atoms with E-state index in [-0.39, 0.29) is 6.04 Å². The fourth-order valence-corrected chi connectivity index (χ4v) is 2.40. The van der Waals surface area contributed by atoms with Gasteiger partial charge in [-0.05, 0) is 31.9 Å². The molecule has 1 unspecified atom stereocenters. The second kappa shape index (κ2) is 9.11. The first-order valence-corrected chi connectivity index (χ1v) is 8.68. The van der Waals surface area contributed by atoms with Crippen LogP contribution in [0.5, 0.6) is 0 Å². The molecule has 6 nitrogen and oxygen atoms in total. The molecule has 0 radical (unpaired) electrons. The maximum atomic E-state index is 5.58. The summed E-state index contributed by atoms with van der Waals surface area (Å²) < 4.78 is 5.58. The van der Waals surface area contributed by atoms with Crippen LogP contribution in [0, 0.1) is 19.8 Å². The number of aliphatic imine (C=N–C) groups is 1. The lowest BCUT2D eigenvalue weighted by atomic mass is 10.0. The van der Waals surface area contributed by atoms with Crippen LogP contribution in [0.1, 0.15) is 31.2 Å². The van der Waals surface area contributed by atoms with Crippen LogP contribution in [-0.2, 0) is 6.54 Å². The molecular formula is C19H29N5O. The van der Waals surface area contributed by atoms with E-state index >= 15 is 0 Å². The maximum absolute atomic E-state index is 5.58. The van der Waals surface area contributed by atoms with E-state index in [1.54, 1.807) is 7.05 Å². The Balaban J connectivity index is 1.86. The van der Waals surface area contributed by atoms with Crippen molar-refractivity contribution in [3.8, 4) is 0 Å². The Morgan fingerprint density at radius 2 is 1.88 bits per heavy atom. The van der Waals surface area contributed by atoms with Gasteiger partial charge in [-0.15, -0.1) is 0 Å². The summed E-state index contributed by atoms with van der Waals surface area (Å²) in [6, 6.07) is 10.5. The fraction of sp³-hybridized carbons (Fsp3) is 0.474. The van der Waals surface area contributed by atoms with Crippen LogP contribution in [0.2, 0.25) is 0 Å². The number of hydrogen-bond acceptors (Lipinski definition) is 4. The summed E-state index contributed by atoms with van der Waals surface area (Å²) in [7, 11) is 1.76. The van der Waals surface area contributed by atoms with Crippen LogP contribution < -0.4 is 16.0 Å². The fourth-order valence-electron chi connectivity index (χ4n) is 2.40. The van der Waals surface area contributed by atoms with Crippen LogP contribution in [0.4, 0.5) is 5.69 Å². The quantitative estimate of drug-likeness (QED) is 0.532. The summed E-state index contributed by atoms with van der Waals surface area (Å²) >= 11 is 0. The largest absolute Gasteiger partial charge is 0.444 e. The van der Waals surface area contributed by atoms with Crippen LogP contribution in [0.3, 0.4) is 0 Å². The van der Waals surface area contributed by atoms with Crippen molar-refractivity contribution in [2.75, 3.05) is 18.9 Å². The summed E-state index contributed by atoms with van der Waals surface area (Å²) in [5, 5.41) is 10.2. The molecule has 0 aliphatic carbocycles. The third-order valence-corrected chi connectivity index (χ3v) is 4.12. The molecule has 0 spiro atoms. The van der Waals surface area contributed by atoms with E-state index in [9.17, 15) is 0 Å². The smallest absolute Gasteiger partial charge is 0.214 e. The van der Waals surface area contributed by atoms with Gasteiger partial charge in [-0.25, -0.2) is 4.98 Å². The van der Waals surface area contributed by atoms with Crippen molar-refractivity contribution < 1.29 is 4.42 Å². The van der Waals surface area contributed by atoms with E-state index in [0.29, 0.717) is 18.4 Å². The van der Waals surface area contributed by atoms with Gasteiger partial charge in [-0.2, -0.15) is 0 Å². The minimum atomic E-state index is 0.284. The number of aromatic nitrogens is 1. The van der Waals surface area contributed by atoms with Crippen LogP contribution in [-0.4, -0.2) is 30.6 Å². The number of hydrogen-bond donors (Lipinski definition) is 3. The molecule has 0 saturated heterocycles. The van der Waals surface area contributed by atoms with Gasteiger partial charge in [0.25, 0.3) is 0 Å². The first kappa shape index (κ1) is 18.8. The zero-order valence-electron chi connectivity index (χ0n) is 15.8. The average molecular weight is 343 g/mol. The van der Waals surface area contributed by atoms with Crippen molar-refractivity contribution in [3.05, 3.63) is 47.7 Å². The first-order valence-electron chi connectivity index (χ1n) is 8.68. The van der Waals surface area contributed by atoms with Crippen molar-refractivity contribution >= 4 is 11.6 Å². The minimum Gasteiger partial charge on any atom is -0.444 e. The lowest BCUT2D eigenvalue weighted by molar-refractivity contribution is 0.462. The second-order valence-corrected chi connectivity index (χ2v) is 6.42. The van der Waals surface area contributed by atoms with Crippen molar-refractivity contribution in [2.45, 2.75) is 40.3 Å². The highest BCUT2D eigenvalue weighted by molar-refractivity contribution is 5.79. The molecule has 0 saturated carbocycles. The Morgan fingerprint density at radius 3 is 2.44 bits per heavy atom. The number of aryl methyl sites for hydroxylation is 2. The molecule has 1 aromatic carbocycles. The molecule has 2 aromatic rings. The van der Waals surface area contributed by atoms with Crippen LogP contribution in [0.25, 0.3) is 0 Å². The third-order valence-electron chi connectivity index (χ3n) is 4.12. The highest BCUT2D eigenvalue weighted by Crippen LogP contribution is 2.12. The molecule has 1 atom stereocenters. The second-order valence-electron chi connectivity index (χ2n) is 6.42. The van der Waals surface area contributed by atoms with Crippen molar-refractivity contribution in [1.82, 2.24) is 15.6 Å². The predicted molar refractivity (Wildman–Crippen MR) is 103 cm³/mol. The number of guanidine groups is 1. The Hall–Kier alpha value is -2.50. The predicted octanol–water partition coefficient (Wildman–Crippen LogP) is 3.09. The van der Waals surface area contributed by atoms with E-state index in [4.69, 9.17) is 4.42 Å². The van der Waals surface area contributed by atoms with Crippen molar-refractivity contribution in [2.24, 2.45) is 10.9 Å². The Bertz CT molecular complexity index is 659. The van der Waals surface area contributed by atoms with E-state index in [2.05, 4.69) is 51.9 Å². The molecule has 136 valence electrons. The number of benzene rings is 1. The molecule has 0 aliphatic rings. The van der Waals surface area contributed by atoms with E-state index in [1.807, 2.05) is 32.0 Å². The Kier molecular flexibility index (Phi) is 6.86. The molecule has 2 rings (SSSR count). The molecule has 0 amide bonds. The third kappa shape index (κ3) is 5.81. The average Bonchev–Trinajstić information content (AvgIpc) is 2.92. The molecule has 0 bridgehead atoms. The number of nitrogens with zero attached hydrogens (tertiary/aromatic N) is 2. The van der Waals surface area contributed by atoms with Gasteiger partial charge in [0.05, 0.1) is 12.2 Å². The lowest BCUT2D eigenvalue weighted by Crippen LogP contribution is -2.44. The highest BCUT2D eigenvalue weighted by atomic mass is 16.4. The maximum Gasteiger partial charge on any atom is 0.214 e. The summed E-state index contributed by atoms with van der Waals surface area (Å²) in [5.41, 5.74) is 2.04. The molecule has 1 aromatic heterocycles. The molecular weight excluding hydrogens is 314 g/mol. The molecule has 6 heteroatoms. The van der Waals surface area contributed by atoms with E-state index in [0.717, 1.165) is 29.6 Å². The standard InChI is InChI=1S/C19H29N5O/c1-13(2)17(24-16-9-7-6-8-10-16)11-21-19(20-5)22-12-18-23-14(3)15(4)25-18/h6-10,13,17,24H,11-12H2,1-5H3,(H2,20,21,22). The van der Waals surface area contributed by atoms with Gasteiger partial charge in [0.15, 0.2) is 5.96 Å². The summed E-state index contributed by atoms with van der Waals surface area (Å²) in [4.78, 5) is 8.64. The van der Waals surface area contributed by atoms with Gasteiger partial charge in [0.1, 0.15) is 5.76 Å². The molecule has 0 fully saturated rings. The van der Waals surface area contributed by atoms with Gasteiger partial charge < -0.3 is 20.4 Å². The molecule has 0 aliphatic heterocycles. The minimum absolute atomic E-state index is 0.284. The summed E-state index contributed by atoms with van der Waals surface area (Å²) in [6.45, 7) is 9.54. The van der Waals surface area contributed by atoms with Gasteiger partial charge >= 0.3 is 0 Å². The molecule has 25 heavy (non-hydrogen) atoms. The molecule has 3 N–H and O–H groups in total. The van der Waals surface area contributed by atoms with E-state index < -0.39 is 0 Å². The SMILES string of the molecule is CN=C(NCc1nc(C)c(C)o1)NCC(Nc1ccccc1)C(C)C.